The molecule has 0 saturated carbocycles. The smallest absolute Gasteiger partial charge is 0.260 e. The lowest BCUT2D eigenvalue weighted by Crippen LogP contribution is -2.37. The molecule has 0 radical (unpaired) electrons. The Morgan fingerprint density at radius 2 is 1.73 bits per heavy atom. The maximum Gasteiger partial charge on any atom is 0.260 e. The summed E-state index contributed by atoms with van der Waals surface area (Å²) in [6.07, 6.45) is 0. The van der Waals surface area contributed by atoms with E-state index in [0.29, 0.717) is 17.4 Å². The van der Waals surface area contributed by atoms with Gasteiger partial charge in [-0.1, -0.05) is 49.7 Å². The van der Waals surface area contributed by atoms with Gasteiger partial charge in [-0.3, -0.25) is 9.59 Å². The van der Waals surface area contributed by atoms with Crippen molar-refractivity contribution in [1.82, 2.24) is 4.90 Å². The molecule has 0 aliphatic carbocycles. The third-order valence-electron chi connectivity index (χ3n) is 4.03. The molecule has 0 saturated heterocycles. The Bertz CT molecular complexity index is 754. The fourth-order valence-electron chi connectivity index (χ4n) is 2.48. The Hall–Kier alpha value is -2.82. The van der Waals surface area contributed by atoms with E-state index >= 15 is 0 Å². The number of ether oxygens (including phenoxy) is 1. The van der Waals surface area contributed by atoms with Crippen molar-refractivity contribution >= 4 is 17.5 Å². The standard InChI is InChI=1S/C21H26N2O3/c1-15(2)18-7-5-6-8-19(18)26-14-21(25)23(4)13-20(24)22-17-11-9-16(3)10-12-17/h5-12,15H,13-14H2,1-4H3,(H,22,24). The number of hydrogen-bond acceptors (Lipinski definition) is 3. The predicted molar refractivity (Wildman–Crippen MR) is 103 cm³/mol. The predicted octanol–water partition coefficient (Wildman–Crippen LogP) is 3.59. The zero-order valence-electron chi connectivity index (χ0n) is 15.8. The van der Waals surface area contributed by atoms with E-state index in [1.165, 1.54) is 4.90 Å². The molecule has 0 unspecified atom stereocenters. The maximum absolute atomic E-state index is 12.3. The number of hydrogen-bond donors (Lipinski definition) is 1. The van der Waals surface area contributed by atoms with Gasteiger partial charge in [-0.2, -0.15) is 0 Å². The lowest BCUT2D eigenvalue weighted by Gasteiger charge is -2.18. The molecule has 1 N–H and O–H groups in total. The average molecular weight is 354 g/mol. The van der Waals surface area contributed by atoms with Crippen LogP contribution in [0.2, 0.25) is 0 Å². The van der Waals surface area contributed by atoms with Gasteiger partial charge in [-0.25, -0.2) is 0 Å². The van der Waals surface area contributed by atoms with Crippen LogP contribution in [0.5, 0.6) is 5.75 Å². The van der Waals surface area contributed by atoms with Crippen molar-refractivity contribution < 1.29 is 14.3 Å². The summed E-state index contributed by atoms with van der Waals surface area (Å²) in [6.45, 7) is 6.01. The number of nitrogens with one attached hydrogen (secondary N) is 1. The number of carbonyl (C=O) groups is 2. The molecule has 5 nitrogen and oxygen atoms in total. The van der Waals surface area contributed by atoms with Gasteiger partial charge in [0.05, 0.1) is 6.54 Å². The van der Waals surface area contributed by atoms with Gasteiger partial charge in [0.15, 0.2) is 6.61 Å². The number of anilines is 1. The van der Waals surface area contributed by atoms with E-state index in [4.69, 9.17) is 4.74 Å². The molecule has 5 heteroatoms. The van der Waals surface area contributed by atoms with E-state index in [0.717, 1.165) is 11.1 Å². The topological polar surface area (TPSA) is 58.6 Å². The monoisotopic (exact) mass is 354 g/mol. The van der Waals surface area contributed by atoms with Gasteiger partial charge in [0.1, 0.15) is 5.75 Å². The summed E-state index contributed by atoms with van der Waals surface area (Å²) in [4.78, 5) is 25.7. The Balaban J connectivity index is 1.85. The van der Waals surface area contributed by atoms with Crippen molar-refractivity contribution in [2.75, 3.05) is 25.5 Å². The first-order valence-electron chi connectivity index (χ1n) is 8.69. The lowest BCUT2D eigenvalue weighted by molar-refractivity contribution is -0.135. The van der Waals surface area contributed by atoms with E-state index in [-0.39, 0.29) is 25.0 Å². The Morgan fingerprint density at radius 3 is 2.38 bits per heavy atom. The first kappa shape index (κ1) is 19.5. The van der Waals surface area contributed by atoms with Crippen molar-refractivity contribution in [3.05, 3.63) is 59.7 Å². The second kappa shape index (κ2) is 9.04. The van der Waals surface area contributed by atoms with Gasteiger partial charge in [0, 0.05) is 12.7 Å². The molecule has 0 aliphatic rings. The van der Waals surface area contributed by atoms with Crippen LogP contribution in [0, 0.1) is 6.92 Å². The van der Waals surface area contributed by atoms with Gasteiger partial charge in [0.2, 0.25) is 5.91 Å². The number of rotatable bonds is 7. The molecule has 2 amide bonds. The highest BCUT2D eigenvalue weighted by atomic mass is 16.5. The van der Waals surface area contributed by atoms with Crippen molar-refractivity contribution in [1.29, 1.82) is 0 Å². The fraction of sp³-hybridized carbons (Fsp3) is 0.333. The minimum Gasteiger partial charge on any atom is -0.483 e. The summed E-state index contributed by atoms with van der Waals surface area (Å²) in [5.74, 6) is 0.516. The van der Waals surface area contributed by atoms with Gasteiger partial charge >= 0.3 is 0 Å². The zero-order chi connectivity index (χ0) is 19.1. The number of aryl methyl sites for hydroxylation is 1. The van der Waals surface area contributed by atoms with Crippen LogP contribution in [0.15, 0.2) is 48.5 Å². The molecule has 0 aliphatic heterocycles. The van der Waals surface area contributed by atoms with Crippen LogP contribution in [0.4, 0.5) is 5.69 Å². The summed E-state index contributed by atoms with van der Waals surface area (Å²) in [5.41, 5.74) is 2.89. The van der Waals surface area contributed by atoms with E-state index < -0.39 is 0 Å². The Labute approximate surface area is 155 Å². The summed E-state index contributed by atoms with van der Waals surface area (Å²) in [7, 11) is 1.59. The molecule has 26 heavy (non-hydrogen) atoms. The van der Waals surface area contributed by atoms with Crippen LogP contribution in [-0.4, -0.2) is 36.9 Å². The van der Waals surface area contributed by atoms with Crippen molar-refractivity contribution in [3.8, 4) is 5.75 Å². The molecule has 2 rings (SSSR count). The molecule has 0 fully saturated rings. The fourth-order valence-corrected chi connectivity index (χ4v) is 2.48. The summed E-state index contributed by atoms with van der Waals surface area (Å²) in [6, 6.07) is 15.2. The van der Waals surface area contributed by atoms with E-state index in [2.05, 4.69) is 19.2 Å². The van der Waals surface area contributed by atoms with Crippen LogP contribution < -0.4 is 10.1 Å². The quantitative estimate of drug-likeness (QED) is 0.826. The number of nitrogens with zero attached hydrogens (tertiary/aromatic N) is 1. The van der Waals surface area contributed by atoms with Crippen LogP contribution in [0.1, 0.15) is 30.9 Å². The molecule has 2 aromatic rings. The highest BCUT2D eigenvalue weighted by molar-refractivity contribution is 5.94. The normalized spacial score (nSPS) is 10.5. The van der Waals surface area contributed by atoms with Gasteiger partial charge in [-0.15, -0.1) is 0 Å². The minimum atomic E-state index is -0.248. The SMILES string of the molecule is Cc1ccc(NC(=O)CN(C)C(=O)COc2ccccc2C(C)C)cc1. The third-order valence-corrected chi connectivity index (χ3v) is 4.03. The molecule has 0 spiro atoms. The van der Waals surface area contributed by atoms with Crippen LogP contribution in [-0.2, 0) is 9.59 Å². The summed E-state index contributed by atoms with van der Waals surface area (Å²) < 4.78 is 5.67. The van der Waals surface area contributed by atoms with Crippen LogP contribution in [0.3, 0.4) is 0 Å². The third kappa shape index (κ3) is 5.62. The highest BCUT2D eigenvalue weighted by Crippen LogP contribution is 2.25. The lowest BCUT2D eigenvalue weighted by atomic mass is 10.0. The van der Waals surface area contributed by atoms with Crippen molar-refractivity contribution in [2.45, 2.75) is 26.7 Å². The number of carbonyl (C=O) groups excluding carboxylic acids is 2. The number of para-hydroxylation sites is 1. The van der Waals surface area contributed by atoms with E-state index in [9.17, 15) is 9.59 Å². The second-order valence-electron chi connectivity index (χ2n) is 6.65. The first-order valence-corrected chi connectivity index (χ1v) is 8.69. The minimum absolute atomic E-state index is 0.0259. The summed E-state index contributed by atoms with van der Waals surface area (Å²) >= 11 is 0. The first-order chi connectivity index (χ1) is 12.4. The molecular weight excluding hydrogens is 328 g/mol. The van der Waals surface area contributed by atoms with Gasteiger partial charge in [-0.05, 0) is 36.6 Å². The number of benzene rings is 2. The maximum atomic E-state index is 12.3. The van der Waals surface area contributed by atoms with Gasteiger partial charge in [0.25, 0.3) is 5.91 Å². The highest BCUT2D eigenvalue weighted by Gasteiger charge is 2.15. The number of likely N-dealkylation sites (N-methyl/N-ethyl adjacent to an activating group) is 1. The van der Waals surface area contributed by atoms with Crippen LogP contribution >= 0.6 is 0 Å². The van der Waals surface area contributed by atoms with Crippen molar-refractivity contribution in [3.63, 3.8) is 0 Å². The average Bonchev–Trinajstić information content (AvgIpc) is 2.61. The zero-order valence-corrected chi connectivity index (χ0v) is 15.8. The number of amides is 2. The molecule has 0 aromatic heterocycles. The molecular formula is C21H26N2O3. The van der Waals surface area contributed by atoms with E-state index in [1.54, 1.807) is 7.05 Å². The Kier molecular flexibility index (Phi) is 6.78. The van der Waals surface area contributed by atoms with E-state index in [1.807, 2.05) is 55.5 Å². The Morgan fingerprint density at radius 1 is 1.08 bits per heavy atom. The van der Waals surface area contributed by atoms with Crippen molar-refractivity contribution in [2.24, 2.45) is 0 Å². The molecule has 0 heterocycles. The van der Waals surface area contributed by atoms with Crippen LogP contribution in [0.25, 0.3) is 0 Å². The second-order valence-corrected chi connectivity index (χ2v) is 6.65. The molecule has 2 aromatic carbocycles. The largest absolute Gasteiger partial charge is 0.483 e. The van der Waals surface area contributed by atoms with Gasteiger partial charge < -0.3 is 15.0 Å². The molecule has 0 atom stereocenters. The molecule has 138 valence electrons. The molecule has 0 bridgehead atoms. The summed E-state index contributed by atoms with van der Waals surface area (Å²) in [5, 5.41) is 2.78.